The van der Waals surface area contributed by atoms with Crippen LogP contribution in [0.5, 0.6) is 0 Å². The van der Waals surface area contributed by atoms with Gasteiger partial charge in [-0.15, -0.1) is 0 Å². The fourth-order valence-electron chi connectivity index (χ4n) is 1.30. The summed E-state index contributed by atoms with van der Waals surface area (Å²) in [7, 11) is -0.483. The molecule has 1 unspecified atom stereocenters. The maximum absolute atomic E-state index is 11.6. The van der Waals surface area contributed by atoms with Crippen LogP contribution in [0.1, 0.15) is 18.5 Å². The van der Waals surface area contributed by atoms with E-state index in [9.17, 15) is 8.42 Å². The zero-order chi connectivity index (χ0) is 12.3. The van der Waals surface area contributed by atoms with E-state index in [-0.39, 0.29) is 6.04 Å². The summed E-state index contributed by atoms with van der Waals surface area (Å²) in [4.78, 5) is 0. The predicted molar refractivity (Wildman–Crippen MR) is 65.0 cm³/mol. The Hall–Kier alpha value is -1.11. The van der Waals surface area contributed by atoms with Gasteiger partial charge in [0.15, 0.2) is 0 Å². The molecule has 0 saturated carbocycles. The zero-order valence-corrected chi connectivity index (χ0v) is 10.5. The highest BCUT2D eigenvalue weighted by Crippen LogP contribution is 2.20. The Morgan fingerprint density at radius 2 is 1.88 bits per heavy atom. The molecular formula is C10H17N3O2S. The number of nitrogens with two attached hydrogens (primary N) is 1. The highest BCUT2D eigenvalue weighted by molar-refractivity contribution is 7.87. The quantitative estimate of drug-likeness (QED) is 0.765. The van der Waals surface area contributed by atoms with Gasteiger partial charge in [-0.3, -0.25) is 0 Å². The number of hydrogen-bond donors (Lipinski definition) is 2. The monoisotopic (exact) mass is 243 g/mol. The van der Waals surface area contributed by atoms with Crippen LogP contribution in [0, 0.1) is 0 Å². The van der Waals surface area contributed by atoms with Gasteiger partial charge in [0.05, 0.1) is 0 Å². The fourth-order valence-corrected chi connectivity index (χ4v) is 2.08. The Kier molecular flexibility index (Phi) is 3.90. The second kappa shape index (κ2) is 4.82. The van der Waals surface area contributed by atoms with Crippen LogP contribution in [0.25, 0.3) is 0 Å². The molecule has 0 aliphatic rings. The fraction of sp³-hybridized carbons (Fsp3) is 0.400. The van der Waals surface area contributed by atoms with Gasteiger partial charge in [0, 0.05) is 25.8 Å². The van der Waals surface area contributed by atoms with E-state index in [4.69, 9.17) is 5.73 Å². The summed E-state index contributed by atoms with van der Waals surface area (Å²) in [6.07, 6.45) is 0. The van der Waals surface area contributed by atoms with E-state index >= 15 is 0 Å². The number of benzene rings is 1. The largest absolute Gasteiger partial charge is 0.398 e. The van der Waals surface area contributed by atoms with Crippen LogP contribution >= 0.6 is 0 Å². The normalized spacial score (nSPS) is 14.0. The van der Waals surface area contributed by atoms with Gasteiger partial charge < -0.3 is 5.73 Å². The summed E-state index contributed by atoms with van der Waals surface area (Å²) in [6.45, 7) is 1.76. The predicted octanol–water partition coefficient (Wildman–Crippen LogP) is 0.726. The Morgan fingerprint density at radius 3 is 2.38 bits per heavy atom. The summed E-state index contributed by atoms with van der Waals surface area (Å²) >= 11 is 0. The minimum Gasteiger partial charge on any atom is -0.398 e. The molecule has 0 radical (unpaired) electrons. The Balaban J connectivity index is 2.89. The Bertz CT molecular complexity index is 457. The Labute approximate surface area is 96.4 Å². The lowest BCUT2D eigenvalue weighted by Gasteiger charge is -2.19. The molecule has 0 spiro atoms. The third-order valence-corrected chi connectivity index (χ3v) is 3.88. The minimum atomic E-state index is -3.43. The van der Waals surface area contributed by atoms with Gasteiger partial charge in [0.1, 0.15) is 0 Å². The van der Waals surface area contributed by atoms with E-state index in [1.165, 1.54) is 14.1 Å². The van der Waals surface area contributed by atoms with Crippen molar-refractivity contribution in [1.82, 2.24) is 9.03 Å². The zero-order valence-electron chi connectivity index (χ0n) is 9.64. The van der Waals surface area contributed by atoms with Gasteiger partial charge in [-0.05, 0) is 18.6 Å². The van der Waals surface area contributed by atoms with Crippen LogP contribution in [-0.4, -0.2) is 26.8 Å². The Morgan fingerprint density at radius 1 is 1.31 bits per heavy atom. The van der Waals surface area contributed by atoms with Gasteiger partial charge >= 0.3 is 0 Å². The maximum atomic E-state index is 11.6. The van der Waals surface area contributed by atoms with Gasteiger partial charge in [-0.2, -0.15) is 17.4 Å². The number of anilines is 1. The molecule has 0 heterocycles. The highest BCUT2D eigenvalue weighted by atomic mass is 32.2. The van der Waals surface area contributed by atoms with Gasteiger partial charge in [0.25, 0.3) is 10.2 Å². The van der Waals surface area contributed by atoms with Crippen LogP contribution in [0.2, 0.25) is 0 Å². The molecule has 0 aromatic heterocycles. The number of nitrogen functional groups attached to an aromatic ring is 1. The molecule has 0 saturated heterocycles. The molecule has 1 rings (SSSR count). The second-order valence-corrected chi connectivity index (χ2v) is 5.67. The van der Waals surface area contributed by atoms with Crippen molar-refractivity contribution in [2.75, 3.05) is 19.8 Å². The summed E-state index contributed by atoms with van der Waals surface area (Å²) in [6, 6.07) is 6.83. The molecule has 0 aliphatic heterocycles. The molecule has 3 N–H and O–H groups in total. The molecule has 0 bridgehead atoms. The summed E-state index contributed by atoms with van der Waals surface area (Å²) in [5.74, 6) is 0. The SMILES string of the molecule is CC(NS(=O)(=O)N(C)C)c1ccccc1N. The van der Waals surface area contributed by atoms with Crippen LogP contribution in [0.15, 0.2) is 24.3 Å². The molecule has 5 nitrogen and oxygen atoms in total. The molecule has 0 fully saturated rings. The molecule has 16 heavy (non-hydrogen) atoms. The smallest absolute Gasteiger partial charge is 0.279 e. The van der Waals surface area contributed by atoms with Crippen molar-refractivity contribution in [3.63, 3.8) is 0 Å². The first kappa shape index (κ1) is 13.0. The van der Waals surface area contributed by atoms with Gasteiger partial charge in [0.2, 0.25) is 0 Å². The lowest BCUT2D eigenvalue weighted by atomic mass is 10.1. The van der Waals surface area contributed by atoms with E-state index in [1.54, 1.807) is 19.1 Å². The molecule has 1 aromatic rings. The van der Waals surface area contributed by atoms with Crippen LogP contribution in [-0.2, 0) is 10.2 Å². The first-order valence-electron chi connectivity index (χ1n) is 4.89. The van der Waals surface area contributed by atoms with Crippen molar-refractivity contribution in [2.24, 2.45) is 0 Å². The standard InChI is InChI=1S/C10H17N3O2S/c1-8(12-16(14,15)13(2)3)9-6-4-5-7-10(9)11/h4-8,12H,11H2,1-3H3. The third-order valence-electron chi connectivity index (χ3n) is 2.27. The first-order chi connectivity index (χ1) is 7.34. The second-order valence-electron chi connectivity index (χ2n) is 3.76. The van der Waals surface area contributed by atoms with E-state index < -0.39 is 10.2 Å². The number of rotatable bonds is 4. The summed E-state index contributed by atoms with van der Waals surface area (Å²) in [5, 5.41) is 0. The number of nitrogens with zero attached hydrogens (tertiary/aromatic N) is 1. The average molecular weight is 243 g/mol. The number of para-hydroxylation sites is 1. The van der Waals surface area contributed by atoms with Crippen LogP contribution in [0.3, 0.4) is 0 Å². The molecular weight excluding hydrogens is 226 g/mol. The third kappa shape index (κ3) is 2.94. The maximum Gasteiger partial charge on any atom is 0.279 e. The molecule has 1 atom stereocenters. The lowest BCUT2D eigenvalue weighted by Crippen LogP contribution is -2.37. The van der Waals surface area contributed by atoms with Crippen molar-refractivity contribution in [3.05, 3.63) is 29.8 Å². The van der Waals surface area contributed by atoms with Crippen molar-refractivity contribution >= 4 is 15.9 Å². The van der Waals surface area contributed by atoms with Crippen molar-refractivity contribution < 1.29 is 8.42 Å². The van der Waals surface area contributed by atoms with Crippen LogP contribution < -0.4 is 10.5 Å². The average Bonchev–Trinajstić information content (AvgIpc) is 2.17. The number of hydrogen-bond acceptors (Lipinski definition) is 3. The van der Waals surface area contributed by atoms with E-state index in [0.29, 0.717) is 5.69 Å². The first-order valence-corrected chi connectivity index (χ1v) is 6.33. The number of nitrogens with one attached hydrogen (secondary N) is 1. The molecule has 0 aliphatic carbocycles. The van der Waals surface area contributed by atoms with E-state index in [0.717, 1.165) is 9.87 Å². The van der Waals surface area contributed by atoms with E-state index in [2.05, 4.69) is 4.72 Å². The lowest BCUT2D eigenvalue weighted by molar-refractivity contribution is 0.495. The summed E-state index contributed by atoms with van der Waals surface area (Å²) in [5.41, 5.74) is 7.12. The van der Waals surface area contributed by atoms with Crippen LogP contribution in [0.4, 0.5) is 5.69 Å². The molecule has 90 valence electrons. The topological polar surface area (TPSA) is 75.4 Å². The van der Waals surface area contributed by atoms with Crippen molar-refractivity contribution in [1.29, 1.82) is 0 Å². The molecule has 6 heteroatoms. The highest BCUT2D eigenvalue weighted by Gasteiger charge is 2.18. The van der Waals surface area contributed by atoms with Crippen molar-refractivity contribution in [2.45, 2.75) is 13.0 Å². The summed E-state index contributed by atoms with van der Waals surface area (Å²) < 4.78 is 26.9. The molecule has 1 aromatic carbocycles. The molecule has 0 amide bonds. The van der Waals surface area contributed by atoms with Gasteiger partial charge in [-0.1, -0.05) is 18.2 Å². The van der Waals surface area contributed by atoms with Crippen molar-refractivity contribution in [3.8, 4) is 0 Å². The van der Waals surface area contributed by atoms with E-state index in [1.807, 2.05) is 12.1 Å². The van der Waals surface area contributed by atoms with Gasteiger partial charge in [-0.25, -0.2) is 0 Å². The minimum absolute atomic E-state index is 0.353.